The van der Waals surface area contributed by atoms with Crippen LogP contribution in [0, 0.1) is 0 Å². The van der Waals surface area contributed by atoms with Crippen LogP contribution in [0.15, 0.2) is 24.3 Å². The summed E-state index contributed by atoms with van der Waals surface area (Å²) >= 11 is 0. The van der Waals surface area contributed by atoms with Crippen molar-refractivity contribution in [2.45, 2.75) is 24.9 Å². The van der Waals surface area contributed by atoms with E-state index in [1.54, 1.807) is 0 Å². The molecule has 0 bridgehead atoms. The van der Waals surface area contributed by atoms with Crippen molar-refractivity contribution in [1.82, 2.24) is 4.90 Å². The molecule has 2 aliphatic heterocycles. The maximum atomic E-state index is 9.56. The van der Waals surface area contributed by atoms with Crippen molar-refractivity contribution in [2.75, 3.05) is 26.2 Å². The molecule has 0 aliphatic carbocycles. The maximum Gasteiger partial charge on any atom is 0.122 e. The third-order valence-corrected chi connectivity index (χ3v) is 3.81. The standard InChI is InChI=1S/C14H19NO2/c16-12-5-7-15(10-12)9-11-6-8-17-14-4-2-1-3-13(11)14/h1-4,11-12,16H,5-10H2. The average molecular weight is 233 g/mol. The largest absolute Gasteiger partial charge is 0.493 e. The molecular formula is C14H19NO2. The Morgan fingerprint density at radius 1 is 1.29 bits per heavy atom. The van der Waals surface area contributed by atoms with Gasteiger partial charge in [0.25, 0.3) is 0 Å². The number of β-amino-alcohol motifs (C(OH)–C–C–N with tert-alkyl or cyclic N) is 1. The summed E-state index contributed by atoms with van der Waals surface area (Å²) in [7, 11) is 0. The molecule has 0 radical (unpaired) electrons. The van der Waals surface area contributed by atoms with Crippen molar-refractivity contribution in [2.24, 2.45) is 0 Å². The first-order valence-corrected chi connectivity index (χ1v) is 6.45. The van der Waals surface area contributed by atoms with Crippen LogP contribution >= 0.6 is 0 Å². The topological polar surface area (TPSA) is 32.7 Å². The highest BCUT2D eigenvalue weighted by molar-refractivity contribution is 5.37. The van der Waals surface area contributed by atoms with Gasteiger partial charge in [0.1, 0.15) is 5.75 Å². The fraction of sp³-hybridized carbons (Fsp3) is 0.571. The minimum Gasteiger partial charge on any atom is -0.493 e. The van der Waals surface area contributed by atoms with Gasteiger partial charge in [-0.3, -0.25) is 0 Å². The van der Waals surface area contributed by atoms with Gasteiger partial charge in [-0.2, -0.15) is 0 Å². The van der Waals surface area contributed by atoms with E-state index in [-0.39, 0.29) is 6.10 Å². The fourth-order valence-corrected chi connectivity index (χ4v) is 2.90. The Bertz CT molecular complexity index is 394. The number of ether oxygens (including phenoxy) is 1. The summed E-state index contributed by atoms with van der Waals surface area (Å²) in [6, 6.07) is 8.34. The zero-order valence-corrected chi connectivity index (χ0v) is 10.0. The van der Waals surface area contributed by atoms with Gasteiger partial charge in [0.2, 0.25) is 0 Å². The Kier molecular flexibility index (Phi) is 3.04. The predicted molar refractivity (Wildman–Crippen MR) is 66.4 cm³/mol. The van der Waals surface area contributed by atoms with Gasteiger partial charge < -0.3 is 14.7 Å². The van der Waals surface area contributed by atoms with E-state index in [0.717, 1.165) is 44.8 Å². The molecule has 3 heteroatoms. The van der Waals surface area contributed by atoms with Crippen LogP contribution in [0.25, 0.3) is 0 Å². The van der Waals surface area contributed by atoms with Crippen LogP contribution in [-0.4, -0.2) is 42.4 Å². The number of rotatable bonds is 2. The highest BCUT2D eigenvalue weighted by atomic mass is 16.5. The summed E-state index contributed by atoms with van der Waals surface area (Å²) in [6.45, 7) is 3.73. The summed E-state index contributed by atoms with van der Waals surface area (Å²) in [5.74, 6) is 1.61. The quantitative estimate of drug-likeness (QED) is 0.842. The van der Waals surface area contributed by atoms with Gasteiger partial charge in [-0.1, -0.05) is 18.2 Å². The van der Waals surface area contributed by atoms with E-state index in [1.807, 2.05) is 6.07 Å². The van der Waals surface area contributed by atoms with Crippen molar-refractivity contribution in [1.29, 1.82) is 0 Å². The molecule has 0 amide bonds. The number of fused-ring (bicyclic) bond motifs is 1. The Morgan fingerprint density at radius 3 is 3.00 bits per heavy atom. The number of para-hydroxylation sites is 1. The first-order valence-electron chi connectivity index (χ1n) is 6.45. The monoisotopic (exact) mass is 233 g/mol. The smallest absolute Gasteiger partial charge is 0.122 e. The van der Waals surface area contributed by atoms with E-state index < -0.39 is 0 Å². The number of aliphatic hydroxyl groups excluding tert-OH is 1. The Morgan fingerprint density at radius 2 is 2.18 bits per heavy atom. The van der Waals surface area contributed by atoms with Crippen molar-refractivity contribution in [3.8, 4) is 5.75 Å². The highest BCUT2D eigenvalue weighted by Crippen LogP contribution is 2.34. The third-order valence-electron chi connectivity index (χ3n) is 3.81. The summed E-state index contributed by atoms with van der Waals surface area (Å²) in [5, 5.41) is 9.56. The van der Waals surface area contributed by atoms with Crippen LogP contribution in [0.5, 0.6) is 5.75 Å². The molecule has 1 aromatic rings. The molecule has 3 nitrogen and oxygen atoms in total. The lowest BCUT2D eigenvalue weighted by Gasteiger charge is -2.29. The van der Waals surface area contributed by atoms with Crippen LogP contribution in [0.1, 0.15) is 24.3 Å². The molecule has 0 saturated carbocycles. The van der Waals surface area contributed by atoms with Gasteiger partial charge in [-0.15, -0.1) is 0 Å². The van der Waals surface area contributed by atoms with Gasteiger partial charge in [0.15, 0.2) is 0 Å². The lowest BCUT2D eigenvalue weighted by Crippen LogP contribution is -2.30. The van der Waals surface area contributed by atoms with Crippen LogP contribution in [0.3, 0.4) is 0 Å². The second kappa shape index (κ2) is 4.67. The van der Waals surface area contributed by atoms with Gasteiger partial charge in [-0.05, 0) is 24.5 Å². The zero-order valence-electron chi connectivity index (χ0n) is 10.0. The van der Waals surface area contributed by atoms with Crippen molar-refractivity contribution in [3.63, 3.8) is 0 Å². The summed E-state index contributed by atoms with van der Waals surface area (Å²) in [5.41, 5.74) is 1.33. The fourth-order valence-electron chi connectivity index (χ4n) is 2.90. The number of likely N-dealkylation sites (tertiary alicyclic amines) is 1. The van der Waals surface area contributed by atoms with E-state index in [0.29, 0.717) is 5.92 Å². The summed E-state index contributed by atoms with van der Waals surface area (Å²) < 4.78 is 5.67. The van der Waals surface area contributed by atoms with Crippen LogP contribution in [-0.2, 0) is 0 Å². The van der Waals surface area contributed by atoms with Gasteiger partial charge in [0, 0.05) is 25.6 Å². The molecule has 2 unspecified atom stereocenters. The molecule has 1 saturated heterocycles. The normalized spacial score (nSPS) is 28.8. The van der Waals surface area contributed by atoms with Gasteiger partial charge in [-0.25, -0.2) is 0 Å². The van der Waals surface area contributed by atoms with E-state index >= 15 is 0 Å². The summed E-state index contributed by atoms with van der Waals surface area (Å²) in [4.78, 5) is 2.37. The molecule has 3 rings (SSSR count). The van der Waals surface area contributed by atoms with Gasteiger partial charge >= 0.3 is 0 Å². The number of hydrogen-bond acceptors (Lipinski definition) is 3. The maximum absolute atomic E-state index is 9.56. The third kappa shape index (κ3) is 2.31. The van der Waals surface area contributed by atoms with E-state index in [9.17, 15) is 5.11 Å². The van der Waals surface area contributed by atoms with Crippen LogP contribution in [0.2, 0.25) is 0 Å². The zero-order chi connectivity index (χ0) is 11.7. The Balaban J connectivity index is 1.72. The molecule has 0 aromatic heterocycles. The molecule has 2 heterocycles. The molecule has 2 atom stereocenters. The molecular weight excluding hydrogens is 214 g/mol. The van der Waals surface area contributed by atoms with Crippen molar-refractivity contribution >= 4 is 0 Å². The Hall–Kier alpha value is -1.06. The molecule has 92 valence electrons. The molecule has 0 spiro atoms. The van der Waals surface area contributed by atoms with E-state index in [2.05, 4.69) is 23.1 Å². The van der Waals surface area contributed by atoms with Crippen molar-refractivity contribution < 1.29 is 9.84 Å². The predicted octanol–water partition coefficient (Wildman–Crippen LogP) is 1.62. The molecule has 1 N–H and O–H groups in total. The van der Waals surface area contributed by atoms with Crippen molar-refractivity contribution in [3.05, 3.63) is 29.8 Å². The number of benzene rings is 1. The Labute approximate surface area is 102 Å². The average Bonchev–Trinajstić information content (AvgIpc) is 2.75. The molecule has 2 aliphatic rings. The second-order valence-electron chi connectivity index (χ2n) is 5.07. The highest BCUT2D eigenvalue weighted by Gasteiger charge is 2.27. The minimum atomic E-state index is -0.120. The van der Waals surface area contributed by atoms with Gasteiger partial charge in [0.05, 0.1) is 12.7 Å². The summed E-state index contributed by atoms with van der Waals surface area (Å²) in [6.07, 6.45) is 1.89. The first-order chi connectivity index (χ1) is 8.33. The molecule has 17 heavy (non-hydrogen) atoms. The number of nitrogens with zero attached hydrogens (tertiary/aromatic N) is 1. The van der Waals surface area contributed by atoms with Crippen LogP contribution in [0.4, 0.5) is 0 Å². The number of hydrogen-bond donors (Lipinski definition) is 1. The van der Waals surface area contributed by atoms with E-state index in [4.69, 9.17) is 4.74 Å². The minimum absolute atomic E-state index is 0.120. The molecule has 1 fully saturated rings. The molecule has 1 aromatic carbocycles. The second-order valence-corrected chi connectivity index (χ2v) is 5.07. The SMILES string of the molecule is OC1CCN(CC2CCOc3ccccc32)C1. The first kappa shape index (κ1) is 11.1. The lowest BCUT2D eigenvalue weighted by molar-refractivity contribution is 0.169. The van der Waals surface area contributed by atoms with Crippen LogP contribution < -0.4 is 4.74 Å². The number of aliphatic hydroxyl groups is 1. The van der Waals surface area contributed by atoms with E-state index in [1.165, 1.54) is 5.56 Å². The lowest BCUT2D eigenvalue weighted by atomic mass is 9.93.